The van der Waals surface area contributed by atoms with Crippen molar-refractivity contribution >= 4 is 39.1 Å². The van der Waals surface area contributed by atoms with Gasteiger partial charge in [0.25, 0.3) is 5.91 Å². The quantitative estimate of drug-likeness (QED) is 0.798. The van der Waals surface area contributed by atoms with E-state index in [4.69, 9.17) is 21.1 Å². The minimum atomic E-state index is -0.497. The first-order valence-corrected chi connectivity index (χ1v) is 8.07. The molecule has 1 heterocycles. The molecule has 23 heavy (non-hydrogen) atoms. The minimum Gasteiger partial charge on any atom is -0.490 e. The van der Waals surface area contributed by atoms with Crippen molar-refractivity contribution in [2.75, 3.05) is 18.5 Å². The largest absolute Gasteiger partial charge is 0.490 e. The lowest BCUT2D eigenvalue weighted by Gasteiger charge is -2.13. The highest BCUT2D eigenvalue weighted by Gasteiger charge is 2.17. The van der Waals surface area contributed by atoms with Crippen molar-refractivity contribution in [2.45, 2.75) is 6.42 Å². The van der Waals surface area contributed by atoms with Gasteiger partial charge in [0.15, 0.2) is 11.5 Å². The van der Waals surface area contributed by atoms with Gasteiger partial charge in [-0.05, 0) is 34.1 Å². The Morgan fingerprint density at radius 3 is 2.61 bits per heavy atom. The average molecular weight is 401 g/mol. The fourth-order valence-corrected chi connectivity index (χ4v) is 2.77. The Labute approximate surface area is 145 Å². The molecule has 1 amide bonds. The molecule has 2 aromatic rings. The van der Waals surface area contributed by atoms with Crippen LogP contribution in [0.4, 0.5) is 10.1 Å². The first-order chi connectivity index (χ1) is 11.0. The third kappa shape index (κ3) is 3.59. The van der Waals surface area contributed by atoms with Gasteiger partial charge < -0.3 is 14.8 Å². The number of benzene rings is 2. The van der Waals surface area contributed by atoms with Crippen molar-refractivity contribution < 1.29 is 18.7 Å². The van der Waals surface area contributed by atoms with Gasteiger partial charge in [0.1, 0.15) is 5.82 Å². The Morgan fingerprint density at radius 1 is 1.17 bits per heavy atom. The number of carbonyl (C=O) groups is 1. The van der Waals surface area contributed by atoms with E-state index in [9.17, 15) is 9.18 Å². The monoisotopic (exact) mass is 399 g/mol. The molecule has 0 radical (unpaired) electrons. The number of hydrogen-bond donors (Lipinski definition) is 1. The highest BCUT2D eigenvalue weighted by Crippen LogP contribution is 2.38. The summed E-state index contributed by atoms with van der Waals surface area (Å²) in [5.41, 5.74) is 0.547. The molecule has 1 aliphatic heterocycles. The molecule has 2 aromatic carbocycles. The van der Waals surface area contributed by atoms with Crippen molar-refractivity contribution in [2.24, 2.45) is 0 Å². The van der Waals surface area contributed by atoms with E-state index in [-0.39, 0.29) is 5.56 Å². The summed E-state index contributed by atoms with van der Waals surface area (Å²) in [7, 11) is 0. The van der Waals surface area contributed by atoms with Crippen molar-refractivity contribution in [3.8, 4) is 11.5 Å². The Bertz CT molecular complexity index is 769. The molecule has 120 valence electrons. The molecule has 0 saturated carbocycles. The van der Waals surface area contributed by atoms with Gasteiger partial charge in [0.05, 0.1) is 29.5 Å². The van der Waals surface area contributed by atoms with Crippen LogP contribution >= 0.6 is 27.5 Å². The average Bonchev–Trinajstić information content (AvgIpc) is 2.75. The maximum atomic E-state index is 13.3. The van der Waals surface area contributed by atoms with Gasteiger partial charge >= 0.3 is 0 Å². The molecule has 7 heteroatoms. The van der Waals surface area contributed by atoms with Crippen LogP contribution < -0.4 is 14.8 Å². The van der Waals surface area contributed by atoms with E-state index < -0.39 is 11.7 Å². The molecule has 0 unspecified atom stereocenters. The molecule has 0 aromatic heterocycles. The zero-order chi connectivity index (χ0) is 16.4. The van der Waals surface area contributed by atoms with Gasteiger partial charge in [0, 0.05) is 23.0 Å². The number of ether oxygens (including phenoxy) is 2. The standard InChI is InChI=1S/C16H12BrClFNO3/c17-11-3-2-9(19)6-10(11)16(21)20-13-8-15-14(7-12(13)18)22-4-1-5-23-15/h2-3,6-8H,1,4-5H2,(H,20,21). The van der Waals surface area contributed by atoms with Crippen LogP contribution in [0.1, 0.15) is 16.8 Å². The van der Waals surface area contributed by atoms with Crippen LogP contribution in [0, 0.1) is 5.82 Å². The van der Waals surface area contributed by atoms with Gasteiger partial charge in [-0.2, -0.15) is 0 Å². The zero-order valence-corrected chi connectivity index (χ0v) is 14.2. The van der Waals surface area contributed by atoms with E-state index in [1.165, 1.54) is 12.1 Å². The van der Waals surface area contributed by atoms with Gasteiger partial charge in [-0.15, -0.1) is 0 Å². The molecule has 0 saturated heterocycles. The Kier molecular flexibility index (Phi) is 4.73. The van der Waals surface area contributed by atoms with Gasteiger partial charge in [-0.1, -0.05) is 11.6 Å². The summed E-state index contributed by atoms with van der Waals surface area (Å²) in [5.74, 6) is 0.0776. The molecule has 0 aliphatic carbocycles. The molecule has 0 spiro atoms. The first kappa shape index (κ1) is 16.1. The number of nitrogens with one attached hydrogen (secondary N) is 1. The zero-order valence-electron chi connectivity index (χ0n) is 11.9. The number of carbonyl (C=O) groups excluding carboxylic acids is 1. The van der Waals surface area contributed by atoms with Crippen molar-refractivity contribution in [3.05, 3.63) is 51.2 Å². The number of amides is 1. The van der Waals surface area contributed by atoms with Gasteiger partial charge in [-0.3, -0.25) is 4.79 Å². The van der Waals surface area contributed by atoms with Crippen molar-refractivity contribution in [1.29, 1.82) is 0 Å². The van der Waals surface area contributed by atoms with Gasteiger partial charge in [0.2, 0.25) is 0 Å². The van der Waals surface area contributed by atoms with E-state index in [2.05, 4.69) is 21.2 Å². The fraction of sp³-hybridized carbons (Fsp3) is 0.188. The summed E-state index contributed by atoms with van der Waals surface area (Å²) in [6.07, 6.45) is 0.768. The van der Waals surface area contributed by atoms with Crippen LogP contribution in [0.25, 0.3) is 0 Å². The van der Waals surface area contributed by atoms with Gasteiger partial charge in [-0.25, -0.2) is 4.39 Å². The number of anilines is 1. The summed E-state index contributed by atoms with van der Waals surface area (Å²) < 4.78 is 24.9. The second kappa shape index (κ2) is 6.76. The molecule has 0 bridgehead atoms. The van der Waals surface area contributed by atoms with E-state index >= 15 is 0 Å². The van der Waals surface area contributed by atoms with E-state index in [1.54, 1.807) is 12.1 Å². The minimum absolute atomic E-state index is 0.174. The number of hydrogen-bond acceptors (Lipinski definition) is 3. The summed E-state index contributed by atoms with van der Waals surface area (Å²) in [4.78, 5) is 12.3. The predicted molar refractivity (Wildman–Crippen MR) is 89.1 cm³/mol. The maximum absolute atomic E-state index is 13.3. The first-order valence-electron chi connectivity index (χ1n) is 6.90. The van der Waals surface area contributed by atoms with Crippen molar-refractivity contribution in [3.63, 3.8) is 0 Å². The number of rotatable bonds is 2. The van der Waals surface area contributed by atoms with E-state index in [1.807, 2.05) is 0 Å². The van der Waals surface area contributed by atoms with E-state index in [0.717, 1.165) is 12.5 Å². The third-order valence-corrected chi connectivity index (χ3v) is 4.26. The molecule has 4 nitrogen and oxygen atoms in total. The van der Waals surface area contributed by atoms with Crippen LogP contribution in [0.15, 0.2) is 34.8 Å². The summed E-state index contributed by atoms with van der Waals surface area (Å²) in [5, 5.41) is 2.98. The molecular formula is C16H12BrClFNO3. The number of halogens is 3. The predicted octanol–water partition coefficient (Wildman–Crippen LogP) is 4.66. The summed E-state index contributed by atoms with van der Waals surface area (Å²) in [6.45, 7) is 1.07. The van der Waals surface area contributed by atoms with Crippen LogP contribution in [0.3, 0.4) is 0 Å². The third-order valence-electron chi connectivity index (χ3n) is 3.26. The Morgan fingerprint density at radius 2 is 1.87 bits per heavy atom. The maximum Gasteiger partial charge on any atom is 0.256 e. The van der Waals surface area contributed by atoms with Crippen LogP contribution in [0.5, 0.6) is 11.5 Å². The summed E-state index contributed by atoms with van der Waals surface area (Å²) in [6, 6.07) is 7.09. The van der Waals surface area contributed by atoms with Crippen LogP contribution in [-0.4, -0.2) is 19.1 Å². The smallest absolute Gasteiger partial charge is 0.256 e. The second-order valence-electron chi connectivity index (χ2n) is 4.91. The topological polar surface area (TPSA) is 47.6 Å². The molecular weight excluding hydrogens is 389 g/mol. The lowest BCUT2D eigenvalue weighted by Crippen LogP contribution is -2.13. The van der Waals surface area contributed by atoms with Crippen molar-refractivity contribution in [1.82, 2.24) is 0 Å². The van der Waals surface area contributed by atoms with Crippen LogP contribution in [-0.2, 0) is 0 Å². The lowest BCUT2D eigenvalue weighted by molar-refractivity contribution is 0.102. The van der Waals surface area contributed by atoms with E-state index in [0.29, 0.717) is 39.9 Å². The molecule has 0 atom stereocenters. The highest BCUT2D eigenvalue weighted by atomic mass is 79.9. The SMILES string of the molecule is O=C(Nc1cc2c(cc1Cl)OCCCO2)c1cc(F)ccc1Br. The molecule has 3 rings (SSSR count). The lowest BCUT2D eigenvalue weighted by atomic mass is 10.2. The Balaban J connectivity index is 1.89. The second-order valence-corrected chi connectivity index (χ2v) is 6.17. The number of fused-ring (bicyclic) bond motifs is 1. The molecule has 1 aliphatic rings. The Hall–Kier alpha value is -1.79. The molecule has 1 N–H and O–H groups in total. The normalized spacial score (nSPS) is 13.3. The fourth-order valence-electron chi connectivity index (χ4n) is 2.14. The summed E-state index contributed by atoms with van der Waals surface area (Å²) >= 11 is 9.41. The van der Waals surface area contributed by atoms with Crippen LogP contribution in [0.2, 0.25) is 5.02 Å². The highest BCUT2D eigenvalue weighted by molar-refractivity contribution is 9.10. The molecule has 0 fully saturated rings.